The third kappa shape index (κ3) is 6.10. The lowest BCUT2D eigenvalue weighted by atomic mass is 10.0. The zero-order valence-corrected chi connectivity index (χ0v) is 17.6. The first kappa shape index (κ1) is 24.4. The first-order chi connectivity index (χ1) is 15.0. The van der Waals surface area contributed by atoms with E-state index in [2.05, 4.69) is 10.6 Å². The molecular weight excluding hydrogens is 424 g/mol. The molecule has 4 N–H and O–H groups in total. The van der Waals surface area contributed by atoms with E-state index in [0.29, 0.717) is 5.69 Å². The number of halogens is 2. The third-order valence-corrected chi connectivity index (χ3v) is 4.50. The van der Waals surface area contributed by atoms with Crippen molar-refractivity contribution in [2.75, 3.05) is 5.32 Å². The highest BCUT2D eigenvalue weighted by molar-refractivity contribution is 5.99. The molecule has 10 heteroatoms. The van der Waals surface area contributed by atoms with Gasteiger partial charge >= 0.3 is 5.97 Å². The van der Waals surface area contributed by atoms with Gasteiger partial charge in [0.15, 0.2) is 6.10 Å². The van der Waals surface area contributed by atoms with Crippen molar-refractivity contribution in [1.82, 2.24) is 5.32 Å². The molecule has 2 aromatic carbocycles. The van der Waals surface area contributed by atoms with Crippen molar-refractivity contribution in [2.45, 2.75) is 32.9 Å². The van der Waals surface area contributed by atoms with E-state index in [9.17, 15) is 28.0 Å². The summed E-state index contributed by atoms with van der Waals surface area (Å²) in [6.07, 6.45) is -1.25. The molecule has 0 fully saturated rings. The summed E-state index contributed by atoms with van der Waals surface area (Å²) in [4.78, 5) is 48.3. The molecule has 0 saturated heterocycles. The van der Waals surface area contributed by atoms with Crippen LogP contribution in [0, 0.1) is 17.6 Å². The Morgan fingerprint density at radius 2 is 1.50 bits per heavy atom. The molecule has 2 rings (SSSR count). The van der Waals surface area contributed by atoms with Crippen LogP contribution in [0.25, 0.3) is 0 Å². The van der Waals surface area contributed by atoms with Crippen LogP contribution >= 0.6 is 0 Å². The normalized spacial score (nSPS) is 12.6. The van der Waals surface area contributed by atoms with E-state index in [0.717, 1.165) is 18.2 Å². The minimum atomic E-state index is -1.26. The number of nitrogens with one attached hydrogen (secondary N) is 2. The lowest BCUT2D eigenvalue weighted by Crippen LogP contribution is -2.47. The van der Waals surface area contributed by atoms with Crippen molar-refractivity contribution >= 4 is 29.4 Å². The summed E-state index contributed by atoms with van der Waals surface area (Å²) in [7, 11) is 0. The summed E-state index contributed by atoms with van der Waals surface area (Å²) in [5, 5.41) is 4.76. The quantitative estimate of drug-likeness (QED) is 0.536. The van der Waals surface area contributed by atoms with Gasteiger partial charge in [-0.3, -0.25) is 14.4 Å². The first-order valence-corrected chi connectivity index (χ1v) is 9.67. The summed E-state index contributed by atoms with van der Waals surface area (Å²) in [5.41, 5.74) is 4.92. The van der Waals surface area contributed by atoms with E-state index in [4.69, 9.17) is 10.5 Å². The van der Waals surface area contributed by atoms with Gasteiger partial charge in [0, 0.05) is 11.3 Å². The fourth-order valence-electron chi connectivity index (χ4n) is 2.69. The average Bonchev–Trinajstić information content (AvgIpc) is 2.71. The monoisotopic (exact) mass is 447 g/mol. The van der Waals surface area contributed by atoms with E-state index in [1.165, 1.54) is 31.2 Å². The molecule has 2 aromatic rings. The van der Waals surface area contributed by atoms with Crippen LogP contribution < -0.4 is 16.4 Å². The van der Waals surface area contributed by atoms with Gasteiger partial charge in [-0.15, -0.1) is 0 Å². The molecule has 32 heavy (non-hydrogen) atoms. The Morgan fingerprint density at radius 3 is 2.00 bits per heavy atom. The van der Waals surface area contributed by atoms with Crippen LogP contribution in [0.3, 0.4) is 0 Å². The van der Waals surface area contributed by atoms with Crippen LogP contribution in [-0.4, -0.2) is 35.8 Å². The van der Waals surface area contributed by atoms with Crippen LogP contribution in [0.4, 0.5) is 14.5 Å². The highest BCUT2D eigenvalue weighted by Gasteiger charge is 2.30. The van der Waals surface area contributed by atoms with Crippen LogP contribution in [0.15, 0.2) is 42.5 Å². The largest absolute Gasteiger partial charge is 0.451 e. The molecule has 0 unspecified atom stereocenters. The molecule has 2 atom stereocenters. The maximum absolute atomic E-state index is 13.9. The molecule has 3 amide bonds. The van der Waals surface area contributed by atoms with Gasteiger partial charge in [-0.2, -0.15) is 0 Å². The molecule has 0 radical (unpaired) electrons. The van der Waals surface area contributed by atoms with Gasteiger partial charge in [-0.25, -0.2) is 13.6 Å². The molecule has 8 nitrogen and oxygen atoms in total. The highest BCUT2D eigenvalue weighted by Crippen LogP contribution is 2.15. The molecule has 170 valence electrons. The number of carbonyl (C=O) groups excluding carboxylic acids is 4. The zero-order valence-electron chi connectivity index (χ0n) is 17.6. The Kier molecular flexibility index (Phi) is 8.00. The van der Waals surface area contributed by atoms with E-state index in [-0.39, 0.29) is 5.56 Å². The maximum Gasteiger partial charge on any atom is 0.329 e. The topological polar surface area (TPSA) is 128 Å². The number of hydrogen-bond acceptors (Lipinski definition) is 5. The van der Waals surface area contributed by atoms with Gasteiger partial charge in [0.05, 0.1) is 0 Å². The number of ether oxygens (including phenoxy) is 1. The Morgan fingerprint density at radius 1 is 0.938 bits per heavy atom. The fourth-order valence-corrected chi connectivity index (χ4v) is 2.69. The van der Waals surface area contributed by atoms with E-state index in [1.54, 1.807) is 13.8 Å². The molecule has 0 bridgehead atoms. The van der Waals surface area contributed by atoms with Gasteiger partial charge in [0.1, 0.15) is 23.2 Å². The summed E-state index contributed by atoms with van der Waals surface area (Å²) in [5.74, 6) is -6.01. The number of rotatable bonds is 8. The molecule has 0 aliphatic heterocycles. The van der Waals surface area contributed by atoms with Crippen LogP contribution in [0.1, 0.15) is 41.5 Å². The van der Waals surface area contributed by atoms with Gasteiger partial charge in [-0.05, 0) is 49.2 Å². The Balaban J connectivity index is 2.04. The maximum atomic E-state index is 13.9. The second kappa shape index (κ2) is 10.5. The Bertz CT molecular complexity index is 1000. The molecule has 0 saturated carbocycles. The van der Waals surface area contributed by atoms with Crippen LogP contribution in [0.2, 0.25) is 0 Å². The number of benzene rings is 2. The standard InChI is InChI=1S/C22H23F2N3O5/c1-11(2)18(27-21(30)17-15(23)5-4-6-16(17)24)22(31)32-12(3)20(29)26-14-9-7-13(8-10-14)19(25)28/h4-12,18H,1-3H3,(H2,25,28)(H,26,29)(H,27,30)/t12-,18-/m1/s1. The zero-order chi connectivity index (χ0) is 24.0. The number of primary amides is 1. The van der Waals surface area contributed by atoms with Gasteiger partial charge in [0.25, 0.3) is 11.8 Å². The fraction of sp³-hybridized carbons (Fsp3) is 0.273. The Hall–Kier alpha value is -3.82. The summed E-state index contributed by atoms with van der Waals surface area (Å²) < 4.78 is 32.8. The second-order valence-electron chi connectivity index (χ2n) is 7.30. The number of amides is 3. The Labute approximate surface area is 183 Å². The summed E-state index contributed by atoms with van der Waals surface area (Å²) in [6, 6.07) is 7.43. The van der Waals surface area contributed by atoms with Crippen molar-refractivity contribution in [3.05, 3.63) is 65.2 Å². The number of esters is 1. The van der Waals surface area contributed by atoms with Crippen LogP contribution in [-0.2, 0) is 14.3 Å². The second-order valence-corrected chi connectivity index (χ2v) is 7.30. The molecule has 0 aliphatic carbocycles. The SMILES string of the molecule is CC(C)[C@@H](NC(=O)c1c(F)cccc1F)C(=O)O[C@H](C)C(=O)Nc1ccc(C(N)=O)cc1. The van der Waals surface area contributed by atoms with Crippen molar-refractivity contribution in [3.8, 4) is 0 Å². The molecular formula is C22H23F2N3O5. The molecule has 0 aliphatic rings. The lowest BCUT2D eigenvalue weighted by Gasteiger charge is -2.23. The van der Waals surface area contributed by atoms with Crippen molar-refractivity contribution < 1.29 is 32.7 Å². The van der Waals surface area contributed by atoms with Gasteiger partial charge < -0.3 is 21.1 Å². The minimum Gasteiger partial charge on any atom is -0.451 e. The van der Waals surface area contributed by atoms with E-state index < -0.39 is 59.0 Å². The molecule has 0 spiro atoms. The number of nitrogens with two attached hydrogens (primary N) is 1. The summed E-state index contributed by atoms with van der Waals surface area (Å²) >= 11 is 0. The molecule has 0 aromatic heterocycles. The lowest BCUT2D eigenvalue weighted by molar-refractivity contribution is -0.156. The summed E-state index contributed by atoms with van der Waals surface area (Å²) in [6.45, 7) is 4.50. The van der Waals surface area contributed by atoms with Crippen LogP contribution in [0.5, 0.6) is 0 Å². The first-order valence-electron chi connectivity index (χ1n) is 9.67. The third-order valence-electron chi connectivity index (χ3n) is 4.50. The smallest absolute Gasteiger partial charge is 0.329 e. The average molecular weight is 447 g/mol. The predicted molar refractivity (Wildman–Crippen MR) is 112 cm³/mol. The predicted octanol–water partition coefficient (Wildman–Crippen LogP) is 2.39. The number of hydrogen-bond donors (Lipinski definition) is 3. The minimum absolute atomic E-state index is 0.254. The van der Waals surface area contributed by atoms with Gasteiger partial charge in [-0.1, -0.05) is 19.9 Å². The van der Waals surface area contributed by atoms with Crippen molar-refractivity contribution in [1.29, 1.82) is 0 Å². The number of carbonyl (C=O) groups is 4. The molecule has 0 heterocycles. The highest BCUT2D eigenvalue weighted by atomic mass is 19.1. The van der Waals surface area contributed by atoms with Crippen molar-refractivity contribution in [3.63, 3.8) is 0 Å². The van der Waals surface area contributed by atoms with E-state index in [1.807, 2.05) is 0 Å². The van der Waals surface area contributed by atoms with Crippen molar-refractivity contribution in [2.24, 2.45) is 11.7 Å². The van der Waals surface area contributed by atoms with Gasteiger partial charge in [0.2, 0.25) is 5.91 Å². The van der Waals surface area contributed by atoms with E-state index >= 15 is 0 Å². The number of anilines is 1.